The molecule has 11 heteroatoms. The first-order valence-corrected chi connectivity index (χ1v) is 13.7. The van der Waals surface area contributed by atoms with Gasteiger partial charge in [0.25, 0.3) is 11.8 Å². The van der Waals surface area contributed by atoms with Crippen LogP contribution in [0, 0.1) is 11.8 Å². The van der Waals surface area contributed by atoms with Gasteiger partial charge >= 0.3 is 0 Å². The Kier molecular flexibility index (Phi) is 7.02. The topological polar surface area (TPSA) is 107 Å². The number of hydrogen-bond acceptors (Lipinski definition) is 7. The van der Waals surface area contributed by atoms with Crippen molar-refractivity contribution in [2.75, 3.05) is 25.9 Å². The average Bonchev–Trinajstić information content (AvgIpc) is 3.33. The SMILES string of the molecule is CC(CCN1Cc2cc(C#Cc3ccc(CN4CC(F)C4)cc3)sc2C1=O)(C(=O)NO)S(C)(=O)=O. The second-order valence-electron chi connectivity index (χ2n) is 9.12. The normalized spacial score (nSPS) is 17.8. The number of alkyl halides is 1. The van der Waals surface area contributed by atoms with E-state index in [1.807, 2.05) is 35.2 Å². The molecule has 1 atom stereocenters. The van der Waals surface area contributed by atoms with Gasteiger partial charge in [-0.3, -0.25) is 19.7 Å². The summed E-state index contributed by atoms with van der Waals surface area (Å²) in [5, 5.41) is 8.95. The number of carbonyl (C=O) groups is 2. The summed E-state index contributed by atoms with van der Waals surface area (Å²) in [6.07, 6.45) is 0.0660. The van der Waals surface area contributed by atoms with Crippen LogP contribution in [0.1, 0.15) is 44.6 Å². The molecule has 0 aliphatic carbocycles. The number of fused-ring (bicyclic) bond motifs is 1. The monoisotopic (exact) mass is 519 g/mol. The van der Waals surface area contributed by atoms with Gasteiger partial charge in [0.15, 0.2) is 14.6 Å². The molecular weight excluding hydrogens is 493 g/mol. The number of benzene rings is 1. The zero-order valence-corrected chi connectivity index (χ0v) is 21.0. The zero-order chi connectivity index (χ0) is 25.4. The fraction of sp³-hybridized carbons (Fsp3) is 0.417. The molecule has 3 heterocycles. The number of nitrogens with one attached hydrogen (secondary N) is 1. The average molecular weight is 520 g/mol. The van der Waals surface area contributed by atoms with Crippen molar-refractivity contribution in [3.05, 3.63) is 56.8 Å². The van der Waals surface area contributed by atoms with Crippen LogP contribution in [-0.4, -0.2) is 72.0 Å². The van der Waals surface area contributed by atoms with Gasteiger partial charge in [-0.1, -0.05) is 24.0 Å². The highest BCUT2D eigenvalue weighted by atomic mass is 32.2. The summed E-state index contributed by atoms with van der Waals surface area (Å²) in [5.41, 5.74) is 4.17. The lowest BCUT2D eigenvalue weighted by atomic mass is 10.1. The summed E-state index contributed by atoms with van der Waals surface area (Å²) in [6.45, 7) is 3.27. The largest absolute Gasteiger partial charge is 0.333 e. The first-order valence-electron chi connectivity index (χ1n) is 11.0. The fourth-order valence-electron chi connectivity index (χ4n) is 4.05. The van der Waals surface area contributed by atoms with Gasteiger partial charge in [0.1, 0.15) is 6.17 Å². The molecule has 2 aromatic rings. The quantitative estimate of drug-likeness (QED) is 0.329. The van der Waals surface area contributed by atoms with E-state index in [0.717, 1.165) is 34.4 Å². The van der Waals surface area contributed by atoms with Crippen molar-refractivity contribution in [2.45, 2.75) is 37.4 Å². The first-order chi connectivity index (χ1) is 16.5. The van der Waals surface area contributed by atoms with E-state index < -0.39 is 26.7 Å². The van der Waals surface area contributed by atoms with E-state index in [2.05, 4.69) is 11.8 Å². The smallest absolute Gasteiger partial charge is 0.264 e. The number of hydroxylamine groups is 1. The van der Waals surface area contributed by atoms with Crippen LogP contribution in [0.25, 0.3) is 0 Å². The molecule has 2 aliphatic rings. The lowest BCUT2D eigenvalue weighted by Gasteiger charge is -2.34. The highest BCUT2D eigenvalue weighted by Crippen LogP contribution is 2.32. The molecule has 4 rings (SSSR count). The van der Waals surface area contributed by atoms with Crippen LogP contribution >= 0.6 is 11.3 Å². The molecule has 0 saturated carbocycles. The lowest BCUT2D eigenvalue weighted by molar-refractivity contribution is -0.131. The van der Waals surface area contributed by atoms with Gasteiger partial charge < -0.3 is 4.90 Å². The minimum Gasteiger partial charge on any atom is -0.333 e. The number of halogens is 1. The summed E-state index contributed by atoms with van der Waals surface area (Å²) in [7, 11) is -3.83. The molecule has 1 unspecified atom stereocenters. The Morgan fingerprint density at radius 3 is 2.54 bits per heavy atom. The van der Waals surface area contributed by atoms with Crippen molar-refractivity contribution in [1.82, 2.24) is 15.3 Å². The standard InChI is InChI=1S/C24H26FN3O5S2/c1-24(23(30)26-31,35(2,32)33)9-10-28-13-18-11-20(34-21(18)22(28)29)8-7-16-3-5-17(6-4-16)12-27-14-19(25)15-27/h3-6,11,19,31H,9-10,12-15H2,1-2H3,(H,26,30). The molecule has 2 N–H and O–H groups in total. The molecule has 8 nitrogen and oxygen atoms in total. The van der Waals surface area contributed by atoms with Crippen LogP contribution in [0.3, 0.4) is 0 Å². The molecule has 1 aromatic heterocycles. The first kappa shape index (κ1) is 25.3. The van der Waals surface area contributed by atoms with Crippen LogP contribution in [-0.2, 0) is 27.7 Å². The van der Waals surface area contributed by atoms with Crippen LogP contribution < -0.4 is 5.48 Å². The van der Waals surface area contributed by atoms with E-state index in [0.29, 0.717) is 24.5 Å². The number of sulfone groups is 1. The Hall–Kier alpha value is -2.78. The van der Waals surface area contributed by atoms with Crippen LogP contribution in [0.15, 0.2) is 30.3 Å². The molecule has 0 bridgehead atoms. The van der Waals surface area contributed by atoms with Crippen molar-refractivity contribution in [2.24, 2.45) is 0 Å². The van der Waals surface area contributed by atoms with Gasteiger partial charge in [-0.25, -0.2) is 18.3 Å². The second kappa shape index (κ2) is 9.70. The van der Waals surface area contributed by atoms with Gasteiger partial charge in [0, 0.05) is 44.5 Å². The summed E-state index contributed by atoms with van der Waals surface area (Å²) in [5.74, 6) is 4.93. The van der Waals surface area contributed by atoms with E-state index in [4.69, 9.17) is 5.21 Å². The molecule has 2 amide bonds. The molecule has 2 aliphatic heterocycles. The molecular formula is C24H26FN3O5S2. The van der Waals surface area contributed by atoms with Gasteiger partial charge in [-0.2, -0.15) is 0 Å². The molecule has 1 fully saturated rings. The van der Waals surface area contributed by atoms with Crippen LogP contribution in [0.4, 0.5) is 4.39 Å². The van der Waals surface area contributed by atoms with Crippen molar-refractivity contribution in [1.29, 1.82) is 0 Å². The number of hydrogen-bond donors (Lipinski definition) is 2. The predicted octanol–water partition coefficient (Wildman–Crippen LogP) is 1.96. The Bertz CT molecular complexity index is 1310. The summed E-state index contributed by atoms with van der Waals surface area (Å²) in [6, 6.07) is 9.65. The maximum absolute atomic E-state index is 12.9. The number of carbonyl (C=O) groups excluding carboxylic acids is 2. The molecule has 0 spiro atoms. The number of amides is 2. The maximum Gasteiger partial charge on any atom is 0.264 e. The Labute approximate surface area is 207 Å². The number of nitrogens with zero attached hydrogens (tertiary/aromatic N) is 2. The van der Waals surface area contributed by atoms with Gasteiger partial charge in [-0.05, 0) is 42.7 Å². The third-order valence-corrected chi connectivity index (χ3v) is 9.62. The van der Waals surface area contributed by atoms with E-state index >= 15 is 0 Å². The van der Waals surface area contributed by atoms with Crippen molar-refractivity contribution >= 4 is 33.0 Å². The summed E-state index contributed by atoms with van der Waals surface area (Å²) < 4.78 is 35.4. The second-order valence-corrected chi connectivity index (χ2v) is 12.6. The van der Waals surface area contributed by atoms with Gasteiger partial charge in [0.05, 0.1) is 9.75 Å². The third kappa shape index (κ3) is 5.26. The van der Waals surface area contributed by atoms with Gasteiger partial charge in [-0.15, -0.1) is 11.3 Å². The van der Waals surface area contributed by atoms with E-state index in [1.54, 1.807) is 0 Å². The van der Waals surface area contributed by atoms with Crippen molar-refractivity contribution < 1.29 is 27.6 Å². The molecule has 35 heavy (non-hydrogen) atoms. The lowest BCUT2D eigenvalue weighted by Crippen LogP contribution is -2.50. The molecule has 1 saturated heterocycles. The Balaban J connectivity index is 1.37. The molecule has 186 valence electrons. The molecule has 1 aromatic carbocycles. The van der Waals surface area contributed by atoms with Crippen molar-refractivity contribution in [3.63, 3.8) is 0 Å². The third-order valence-electron chi connectivity index (χ3n) is 6.51. The highest BCUT2D eigenvalue weighted by Gasteiger charge is 2.44. The Morgan fingerprint density at radius 1 is 1.29 bits per heavy atom. The van der Waals surface area contributed by atoms with Crippen LogP contribution in [0.2, 0.25) is 0 Å². The predicted molar refractivity (Wildman–Crippen MR) is 129 cm³/mol. The zero-order valence-electron chi connectivity index (χ0n) is 19.4. The number of likely N-dealkylation sites (tertiary alicyclic amines) is 1. The minimum atomic E-state index is -3.83. The summed E-state index contributed by atoms with van der Waals surface area (Å²) >= 11 is 1.28. The van der Waals surface area contributed by atoms with Gasteiger partial charge in [0.2, 0.25) is 0 Å². The van der Waals surface area contributed by atoms with E-state index in [9.17, 15) is 22.4 Å². The van der Waals surface area contributed by atoms with Crippen LogP contribution in [0.5, 0.6) is 0 Å². The highest BCUT2D eigenvalue weighted by molar-refractivity contribution is 7.92. The van der Waals surface area contributed by atoms with E-state index in [1.165, 1.54) is 28.6 Å². The number of thiophene rings is 1. The molecule has 0 radical (unpaired) electrons. The minimum absolute atomic E-state index is 0.0496. The van der Waals surface area contributed by atoms with Crippen molar-refractivity contribution in [3.8, 4) is 11.8 Å². The fourth-order valence-corrected chi connectivity index (χ4v) is 5.88. The Morgan fingerprint density at radius 2 is 1.97 bits per heavy atom. The van der Waals surface area contributed by atoms with E-state index in [-0.39, 0.29) is 18.9 Å². The summed E-state index contributed by atoms with van der Waals surface area (Å²) in [4.78, 5) is 29.7. The maximum atomic E-state index is 12.9. The number of rotatable bonds is 7.